The molecule has 2 atom stereocenters. The number of unbranched alkanes of at least 4 members (excludes halogenated alkanes) is 2. The first kappa shape index (κ1) is 23.8. The summed E-state index contributed by atoms with van der Waals surface area (Å²) in [5.41, 5.74) is -0.356. The zero-order valence-corrected chi connectivity index (χ0v) is 17.4. The largest absolute Gasteiger partial charge is 0.325 e. The van der Waals surface area contributed by atoms with Gasteiger partial charge in [-0.2, -0.15) is 4.89 Å². The molecule has 0 fully saturated rings. The van der Waals surface area contributed by atoms with Gasteiger partial charge in [0.05, 0.1) is 19.8 Å². The summed E-state index contributed by atoms with van der Waals surface area (Å²) in [6.07, 6.45) is 5.31. The van der Waals surface area contributed by atoms with E-state index in [1.165, 1.54) is 0 Å². The Morgan fingerprint density at radius 2 is 1.50 bits per heavy atom. The Balaban J connectivity index is 4.91. The van der Waals surface area contributed by atoms with Crippen LogP contribution < -0.4 is 0 Å². The van der Waals surface area contributed by atoms with Crippen molar-refractivity contribution in [1.29, 1.82) is 0 Å². The van der Waals surface area contributed by atoms with Crippen LogP contribution in [0.4, 0.5) is 0 Å². The predicted molar refractivity (Wildman–Crippen MR) is 99.6 cm³/mol. The first-order chi connectivity index (χ1) is 11.2. The summed E-state index contributed by atoms with van der Waals surface area (Å²) in [6, 6.07) is 0. The minimum absolute atomic E-state index is 0.356. The van der Waals surface area contributed by atoms with Crippen LogP contribution >= 0.6 is 0 Å². The maximum Gasteiger partial charge on any atom is 0.317 e. The lowest BCUT2D eigenvalue weighted by atomic mass is 9.93. The fourth-order valence-corrected chi connectivity index (χ4v) is 1.98. The summed E-state index contributed by atoms with van der Waals surface area (Å²) < 4.78 is 12.3. The number of hydrogen-bond donors (Lipinski definition) is 0. The third-order valence-electron chi connectivity index (χ3n) is 4.16. The van der Waals surface area contributed by atoms with E-state index in [0.29, 0.717) is 31.7 Å². The fourth-order valence-electron chi connectivity index (χ4n) is 1.98. The quantitative estimate of drug-likeness (QED) is 0.168. The third kappa shape index (κ3) is 9.36. The van der Waals surface area contributed by atoms with E-state index in [9.17, 15) is 0 Å². The molecule has 4 heteroatoms. The molecule has 0 radical (unpaired) electrons. The molecule has 0 aromatic heterocycles. The van der Waals surface area contributed by atoms with E-state index in [4.69, 9.17) is 19.2 Å². The molecule has 0 saturated carbocycles. The second kappa shape index (κ2) is 12.2. The monoisotopic (exact) mass is 346 g/mol. The van der Waals surface area contributed by atoms with Gasteiger partial charge in [-0.05, 0) is 24.7 Å². The summed E-state index contributed by atoms with van der Waals surface area (Å²) in [5.74, 6) is -0.148. The van der Waals surface area contributed by atoms with Crippen molar-refractivity contribution in [2.75, 3.05) is 19.8 Å². The zero-order valence-electron chi connectivity index (χ0n) is 17.4. The van der Waals surface area contributed by atoms with E-state index in [1.807, 2.05) is 0 Å². The molecule has 0 amide bonds. The van der Waals surface area contributed by atoms with Crippen LogP contribution in [0.25, 0.3) is 0 Å². The normalized spacial score (nSPS) is 16.4. The minimum Gasteiger partial charge on any atom is -0.325 e. The van der Waals surface area contributed by atoms with Crippen molar-refractivity contribution < 1.29 is 19.2 Å². The van der Waals surface area contributed by atoms with Crippen molar-refractivity contribution in [1.82, 2.24) is 0 Å². The van der Waals surface area contributed by atoms with Gasteiger partial charge in [0, 0.05) is 5.41 Å². The Morgan fingerprint density at radius 3 is 2.00 bits per heavy atom. The summed E-state index contributed by atoms with van der Waals surface area (Å²) in [6.45, 7) is 18.8. The SMILES string of the molecule is CCCCCOC(OCCC(C)C)(OOCC(C)CC)C(C)(C)C. The van der Waals surface area contributed by atoms with Gasteiger partial charge in [0.15, 0.2) is 0 Å². The lowest BCUT2D eigenvalue weighted by Crippen LogP contribution is -2.51. The van der Waals surface area contributed by atoms with E-state index >= 15 is 0 Å². The summed E-state index contributed by atoms with van der Waals surface area (Å²) in [7, 11) is 0. The average molecular weight is 347 g/mol. The Hall–Kier alpha value is -0.160. The summed E-state index contributed by atoms with van der Waals surface area (Å²) in [5, 5.41) is 0. The predicted octanol–water partition coefficient (Wildman–Crippen LogP) is 5.95. The highest BCUT2D eigenvalue weighted by Gasteiger charge is 2.48. The van der Waals surface area contributed by atoms with Crippen molar-refractivity contribution in [3.63, 3.8) is 0 Å². The highest BCUT2D eigenvalue weighted by Crippen LogP contribution is 2.37. The molecule has 4 nitrogen and oxygen atoms in total. The van der Waals surface area contributed by atoms with Crippen LogP contribution in [0.5, 0.6) is 0 Å². The average Bonchev–Trinajstić information content (AvgIpc) is 2.49. The lowest BCUT2D eigenvalue weighted by Gasteiger charge is -2.41. The Labute approximate surface area is 150 Å². The molecular weight excluding hydrogens is 304 g/mol. The molecule has 0 bridgehead atoms. The van der Waals surface area contributed by atoms with Crippen molar-refractivity contribution in [2.45, 2.75) is 93.5 Å². The number of ether oxygens (including phenoxy) is 2. The summed E-state index contributed by atoms with van der Waals surface area (Å²) >= 11 is 0. The molecule has 2 unspecified atom stereocenters. The van der Waals surface area contributed by atoms with Gasteiger partial charge in [-0.15, -0.1) is 0 Å². The van der Waals surface area contributed by atoms with Gasteiger partial charge in [-0.3, -0.25) is 0 Å². The van der Waals surface area contributed by atoms with Gasteiger partial charge >= 0.3 is 5.97 Å². The maximum absolute atomic E-state index is 6.13. The maximum atomic E-state index is 6.13. The van der Waals surface area contributed by atoms with Crippen molar-refractivity contribution in [3.05, 3.63) is 0 Å². The highest BCUT2D eigenvalue weighted by atomic mass is 17.3. The van der Waals surface area contributed by atoms with Crippen LogP contribution in [-0.2, 0) is 19.2 Å². The van der Waals surface area contributed by atoms with E-state index in [-0.39, 0.29) is 5.41 Å². The minimum atomic E-state index is -1.16. The van der Waals surface area contributed by atoms with Crippen LogP contribution in [0, 0.1) is 17.3 Å². The van der Waals surface area contributed by atoms with Crippen LogP contribution in [0.1, 0.15) is 87.5 Å². The fraction of sp³-hybridized carbons (Fsp3) is 1.00. The molecule has 0 heterocycles. The Bertz CT molecular complexity index is 299. The van der Waals surface area contributed by atoms with Gasteiger partial charge in [0.2, 0.25) is 0 Å². The van der Waals surface area contributed by atoms with E-state index in [0.717, 1.165) is 32.1 Å². The van der Waals surface area contributed by atoms with Gasteiger partial charge in [-0.1, -0.05) is 74.7 Å². The molecule has 0 rings (SSSR count). The van der Waals surface area contributed by atoms with Gasteiger partial charge < -0.3 is 9.47 Å². The molecule has 0 aromatic carbocycles. The van der Waals surface area contributed by atoms with Crippen molar-refractivity contribution in [2.24, 2.45) is 17.3 Å². The molecule has 0 N–H and O–H groups in total. The molecule has 0 aromatic rings. The Morgan fingerprint density at radius 1 is 0.875 bits per heavy atom. The van der Waals surface area contributed by atoms with Gasteiger partial charge in [0.1, 0.15) is 0 Å². The van der Waals surface area contributed by atoms with E-state index < -0.39 is 5.97 Å². The molecular formula is C20H42O4. The van der Waals surface area contributed by atoms with Crippen LogP contribution in [0.15, 0.2) is 0 Å². The second-order valence-corrected chi connectivity index (χ2v) is 8.27. The zero-order chi connectivity index (χ0) is 18.6. The molecule has 0 aliphatic carbocycles. The standard InChI is InChI=1S/C20H42O4/c1-9-11-12-14-21-20(19(6,7)8,22-15-13-17(3)4)24-23-16-18(5)10-2/h17-18H,9-16H2,1-8H3. The molecule has 24 heavy (non-hydrogen) atoms. The lowest BCUT2D eigenvalue weighted by molar-refractivity contribution is -0.535. The molecule has 0 aliphatic rings. The molecule has 0 aliphatic heterocycles. The number of rotatable bonds is 14. The first-order valence-electron chi connectivity index (χ1n) is 9.77. The second-order valence-electron chi connectivity index (χ2n) is 8.27. The van der Waals surface area contributed by atoms with Crippen LogP contribution in [0.3, 0.4) is 0 Å². The van der Waals surface area contributed by atoms with E-state index in [1.54, 1.807) is 0 Å². The molecule has 146 valence electrons. The van der Waals surface area contributed by atoms with Crippen molar-refractivity contribution in [3.8, 4) is 0 Å². The smallest absolute Gasteiger partial charge is 0.317 e. The topological polar surface area (TPSA) is 36.9 Å². The van der Waals surface area contributed by atoms with Gasteiger partial charge in [0.25, 0.3) is 0 Å². The van der Waals surface area contributed by atoms with E-state index in [2.05, 4.69) is 55.4 Å². The third-order valence-corrected chi connectivity index (χ3v) is 4.16. The number of hydrogen-bond acceptors (Lipinski definition) is 4. The summed E-state index contributed by atoms with van der Waals surface area (Å²) in [4.78, 5) is 11.3. The Kier molecular flexibility index (Phi) is 12.2. The van der Waals surface area contributed by atoms with Crippen molar-refractivity contribution >= 4 is 0 Å². The van der Waals surface area contributed by atoms with Crippen LogP contribution in [0.2, 0.25) is 0 Å². The molecule has 0 saturated heterocycles. The van der Waals surface area contributed by atoms with Gasteiger partial charge in [-0.25, -0.2) is 4.89 Å². The van der Waals surface area contributed by atoms with Crippen LogP contribution in [-0.4, -0.2) is 25.8 Å². The first-order valence-corrected chi connectivity index (χ1v) is 9.77. The molecule has 0 spiro atoms. The highest BCUT2D eigenvalue weighted by molar-refractivity contribution is 4.75.